The van der Waals surface area contributed by atoms with Crippen LogP contribution >= 0.6 is 11.8 Å². The summed E-state index contributed by atoms with van der Waals surface area (Å²) in [6, 6.07) is 2.12. The Kier molecular flexibility index (Phi) is 4.88. The molecule has 0 amide bonds. The molecule has 0 spiro atoms. The monoisotopic (exact) mass is 306 g/mol. The van der Waals surface area contributed by atoms with Gasteiger partial charge in [0.05, 0.1) is 0 Å². The summed E-state index contributed by atoms with van der Waals surface area (Å²) >= 11 is 1.62. The fraction of sp³-hybridized carbons (Fsp3) is 0.750. The zero-order chi connectivity index (χ0) is 14.7. The summed E-state index contributed by atoms with van der Waals surface area (Å²) in [6.07, 6.45) is 9.08. The van der Waals surface area contributed by atoms with Crippen molar-refractivity contribution in [3.05, 3.63) is 6.07 Å². The van der Waals surface area contributed by atoms with Crippen LogP contribution in [0.2, 0.25) is 0 Å². The summed E-state index contributed by atoms with van der Waals surface area (Å²) in [5, 5.41) is 4.20. The molecule has 21 heavy (non-hydrogen) atoms. The molecule has 0 aromatic carbocycles. The van der Waals surface area contributed by atoms with Crippen molar-refractivity contribution in [3.8, 4) is 0 Å². The second kappa shape index (κ2) is 6.86. The molecule has 2 heterocycles. The number of nitrogens with zero attached hydrogens (tertiary/aromatic N) is 3. The van der Waals surface area contributed by atoms with Gasteiger partial charge >= 0.3 is 0 Å². The number of piperidine rings is 1. The molecule has 1 aromatic heterocycles. The normalized spacial score (nSPS) is 25.5. The van der Waals surface area contributed by atoms with Gasteiger partial charge in [0.2, 0.25) is 0 Å². The highest BCUT2D eigenvalue weighted by molar-refractivity contribution is 7.98. The van der Waals surface area contributed by atoms with E-state index in [2.05, 4.69) is 28.2 Å². The minimum atomic E-state index is 0.870. The van der Waals surface area contributed by atoms with E-state index >= 15 is 0 Å². The van der Waals surface area contributed by atoms with Gasteiger partial charge in [0, 0.05) is 25.7 Å². The average Bonchev–Trinajstić information content (AvgIpc) is 2.54. The zero-order valence-electron chi connectivity index (χ0n) is 13.1. The summed E-state index contributed by atoms with van der Waals surface area (Å²) in [5.41, 5.74) is 0. The van der Waals surface area contributed by atoms with E-state index in [1.165, 1.54) is 38.6 Å². The molecule has 1 aliphatic heterocycles. The van der Waals surface area contributed by atoms with Crippen LogP contribution in [0.1, 0.15) is 39.0 Å². The van der Waals surface area contributed by atoms with E-state index in [-0.39, 0.29) is 0 Å². The lowest BCUT2D eigenvalue weighted by Crippen LogP contribution is -2.42. The standard InChI is InChI=1S/C16H26N4S/c1-3-17-14-10-15(19-16(18-14)21-2)20-9-8-12-6-4-5-7-13(12)11-20/h10,12-13H,3-9,11H2,1-2H3,(H,17,18,19). The van der Waals surface area contributed by atoms with Gasteiger partial charge in [-0.15, -0.1) is 0 Å². The second-order valence-electron chi connectivity index (χ2n) is 6.17. The van der Waals surface area contributed by atoms with Gasteiger partial charge in [0.1, 0.15) is 11.6 Å². The third-order valence-electron chi connectivity index (χ3n) is 4.85. The quantitative estimate of drug-likeness (QED) is 0.679. The van der Waals surface area contributed by atoms with Crippen molar-refractivity contribution in [3.63, 3.8) is 0 Å². The molecule has 0 bridgehead atoms. The SMILES string of the molecule is CCNc1cc(N2CCC3CCCCC3C2)nc(SC)n1. The summed E-state index contributed by atoms with van der Waals surface area (Å²) in [5.74, 6) is 3.90. The fourth-order valence-electron chi connectivity index (χ4n) is 3.75. The van der Waals surface area contributed by atoms with Crippen molar-refractivity contribution in [2.24, 2.45) is 11.8 Å². The molecule has 2 aliphatic rings. The Morgan fingerprint density at radius 1 is 1.24 bits per heavy atom. The molecule has 2 unspecified atom stereocenters. The van der Waals surface area contributed by atoms with E-state index < -0.39 is 0 Å². The molecule has 1 saturated heterocycles. The van der Waals surface area contributed by atoms with Gasteiger partial charge in [-0.25, -0.2) is 9.97 Å². The number of aromatic nitrogens is 2. The first-order valence-corrected chi connectivity index (χ1v) is 9.44. The largest absolute Gasteiger partial charge is 0.370 e. The maximum absolute atomic E-state index is 4.73. The minimum Gasteiger partial charge on any atom is -0.370 e. The van der Waals surface area contributed by atoms with Crippen LogP contribution in [0.3, 0.4) is 0 Å². The number of nitrogens with one attached hydrogen (secondary N) is 1. The maximum atomic E-state index is 4.73. The van der Waals surface area contributed by atoms with E-state index in [9.17, 15) is 0 Å². The summed E-state index contributed by atoms with van der Waals surface area (Å²) in [7, 11) is 0. The van der Waals surface area contributed by atoms with Crippen molar-refractivity contribution in [1.82, 2.24) is 9.97 Å². The van der Waals surface area contributed by atoms with Gasteiger partial charge in [-0.05, 0) is 37.9 Å². The first-order valence-electron chi connectivity index (χ1n) is 8.22. The Morgan fingerprint density at radius 2 is 2.05 bits per heavy atom. The van der Waals surface area contributed by atoms with Crippen molar-refractivity contribution < 1.29 is 0 Å². The molecule has 1 aromatic rings. The maximum Gasteiger partial charge on any atom is 0.191 e. The minimum absolute atomic E-state index is 0.870. The molecule has 1 aliphatic carbocycles. The Hall–Kier alpha value is -0.970. The number of anilines is 2. The van der Waals surface area contributed by atoms with E-state index in [0.717, 1.165) is 41.7 Å². The average molecular weight is 306 g/mol. The van der Waals surface area contributed by atoms with Crippen LogP contribution in [0.4, 0.5) is 11.6 Å². The van der Waals surface area contributed by atoms with Gasteiger partial charge in [-0.2, -0.15) is 0 Å². The lowest BCUT2D eigenvalue weighted by molar-refractivity contribution is 0.202. The highest BCUT2D eigenvalue weighted by Gasteiger charge is 2.31. The van der Waals surface area contributed by atoms with Gasteiger partial charge in [-0.3, -0.25) is 0 Å². The van der Waals surface area contributed by atoms with E-state index in [1.54, 1.807) is 11.8 Å². The number of hydrogen-bond donors (Lipinski definition) is 1. The Bertz CT molecular complexity index is 479. The van der Waals surface area contributed by atoms with Gasteiger partial charge in [0.15, 0.2) is 5.16 Å². The number of thioether (sulfide) groups is 1. The molecular weight excluding hydrogens is 280 g/mol. The lowest BCUT2D eigenvalue weighted by atomic mass is 9.75. The Balaban J connectivity index is 1.77. The zero-order valence-corrected chi connectivity index (χ0v) is 14.0. The van der Waals surface area contributed by atoms with E-state index in [0.29, 0.717) is 0 Å². The number of hydrogen-bond acceptors (Lipinski definition) is 5. The van der Waals surface area contributed by atoms with Crippen LogP contribution in [0.5, 0.6) is 0 Å². The lowest BCUT2D eigenvalue weighted by Gasteiger charge is -2.41. The summed E-state index contributed by atoms with van der Waals surface area (Å²) < 4.78 is 0. The Morgan fingerprint density at radius 3 is 2.81 bits per heavy atom. The van der Waals surface area contributed by atoms with Crippen LogP contribution < -0.4 is 10.2 Å². The molecule has 5 heteroatoms. The molecule has 1 N–H and O–H groups in total. The summed E-state index contributed by atoms with van der Waals surface area (Å²) in [6.45, 7) is 5.33. The van der Waals surface area contributed by atoms with Gasteiger partial charge < -0.3 is 10.2 Å². The highest BCUT2D eigenvalue weighted by atomic mass is 32.2. The van der Waals surface area contributed by atoms with Crippen LogP contribution in [0, 0.1) is 11.8 Å². The van der Waals surface area contributed by atoms with Gasteiger partial charge in [0.25, 0.3) is 0 Å². The summed E-state index contributed by atoms with van der Waals surface area (Å²) in [4.78, 5) is 11.7. The molecule has 0 radical (unpaired) electrons. The van der Waals surface area contributed by atoms with Crippen LogP contribution in [-0.2, 0) is 0 Å². The molecule has 2 fully saturated rings. The van der Waals surface area contributed by atoms with Crippen molar-refractivity contribution in [2.75, 3.05) is 36.1 Å². The highest BCUT2D eigenvalue weighted by Crippen LogP contribution is 2.37. The second-order valence-corrected chi connectivity index (χ2v) is 6.94. The van der Waals surface area contributed by atoms with Crippen molar-refractivity contribution >= 4 is 23.4 Å². The number of rotatable bonds is 4. The third-order valence-corrected chi connectivity index (χ3v) is 5.40. The van der Waals surface area contributed by atoms with E-state index in [1.807, 2.05) is 6.26 Å². The predicted molar refractivity (Wildman–Crippen MR) is 90.3 cm³/mol. The molecule has 1 saturated carbocycles. The predicted octanol–water partition coefficient (Wildman–Crippen LogP) is 3.65. The number of fused-ring (bicyclic) bond motifs is 1. The first kappa shape index (κ1) is 14.9. The van der Waals surface area contributed by atoms with Gasteiger partial charge in [-0.1, -0.05) is 31.0 Å². The van der Waals surface area contributed by atoms with Crippen molar-refractivity contribution in [1.29, 1.82) is 0 Å². The molecule has 4 nitrogen and oxygen atoms in total. The molecule has 3 rings (SSSR count). The van der Waals surface area contributed by atoms with Crippen LogP contribution in [-0.4, -0.2) is 35.9 Å². The van der Waals surface area contributed by atoms with Crippen LogP contribution in [0.25, 0.3) is 0 Å². The van der Waals surface area contributed by atoms with Crippen molar-refractivity contribution in [2.45, 2.75) is 44.2 Å². The van der Waals surface area contributed by atoms with E-state index in [4.69, 9.17) is 4.98 Å². The van der Waals surface area contributed by atoms with Crippen LogP contribution in [0.15, 0.2) is 11.2 Å². The fourth-order valence-corrected chi connectivity index (χ4v) is 4.12. The smallest absolute Gasteiger partial charge is 0.191 e. The Labute approximate surface area is 132 Å². The first-order chi connectivity index (χ1) is 10.3. The third kappa shape index (κ3) is 3.44. The molecule has 116 valence electrons. The topological polar surface area (TPSA) is 41.0 Å². The molecule has 2 atom stereocenters. The molecular formula is C16H26N4S.